The van der Waals surface area contributed by atoms with Crippen LogP contribution in [0.3, 0.4) is 0 Å². The van der Waals surface area contributed by atoms with E-state index >= 15 is 0 Å². The average Bonchev–Trinajstić information content (AvgIpc) is 2.93. The molecule has 0 N–H and O–H groups in total. The zero-order valence-corrected chi connectivity index (χ0v) is 14.1. The van der Waals surface area contributed by atoms with Gasteiger partial charge in [0.1, 0.15) is 31.9 Å². The summed E-state index contributed by atoms with van der Waals surface area (Å²) >= 11 is 5.78. The highest BCUT2D eigenvalue weighted by molar-refractivity contribution is 7.00. The number of hydrogen-bond donors (Lipinski definition) is 0. The molecule has 0 amide bonds. The van der Waals surface area contributed by atoms with Crippen LogP contribution in [0.25, 0.3) is 0 Å². The Balaban J connectivity index is 2.07. The fourth-order valence-electron chi connectivity index (χ4n) is 2.68. The quantitative estimate of drug-likeness (QED) is 0.678. The van der Waals surface area contributed by atoms with Crippen LogP contribution in [0.2, 0.25) is 6.55 Å². The lowest BCUT2D eigenvalue weighted by molar-refractivity contribution is 0.628. The van der Waals surface area contributed by atoms with E-state index in [1.165, 1.54) is 30.6 Å². The monoisotopic (exact) mass is 349 g/mol. The Morgan fingerprint density at radius 3 is 1.83 bits per heavy atom. The van der Waals surface area contributed by atoms with Crippen molar-refractivity contribution in [2.24, 2.45) is 0 Å². The highest BCUT2D eigenvalue weighted by Crippen LogP contribution is 2.12. The van der Waals surface area contributed by atoms with Gasteiger partial charge >= 0.3 is 0 Å². The van der Waals surface area contributed by atoms with Gasteiger partial charge in [-0.3, -0.25) is 0 Å². The summed E-state index contributed by atoms with van der Waals surface area (Å²) in [5.74, 6) is 0.0440. The van der Waals surface area contributed by atoms with Gasteiger partial charge in [0.15, 0.2) is 0 Å². The van der Waals surface area contributed by atoms with Crippen LogP contribution in [0.15, 0.2) is 54.9 Å². The van der Waals surface area contributed by atoms with Crippen LogP contribution in [-0.4, -0.2) is 22.4 Å². The summed E-state index contributed by atoms with van der Waals surface area (Å²) in [7, 11) is -2.31. The standard InChI is InChI=1S/C16H14ClF2N3Si/c1-23(10-16-20-11-22(17)21-16,14-6-2-12(18)3-7-14)15-8-4-13(19)5-9-15/h2-9,11H,10H2,1H3. The minimum atomic E-state index is -2.31. The number of nitrogens with zero attached hydrogens (tertiary/aromatic N) is 3. The van der Waals surface area contributed by atoms with Gasteiger partial charge in [-0.05, 0) is 24.3 Å². The first kappa shape index (κ1) is 15.8. The second-order valence-electron chi connectivity index (χ2n) is 5.57. The van der Waals surface area contributed by atoms with Crippen molar-refractivity contribution in [3.8, 4) is 0 Å². The Morgan fingerprint density at radius 1 is 0.957 bits per heavy atom. The Kier molecular flexibility index (Phi) is 4.28. The van der Waals surface area contributed by atoms with E-state index in [1.807, 2.05) is 0 Å². The van der Waals surface area contributed by atoms with Crippen molar-refractivity contribution in [1.82, 2.24) is 14.3 Å². The van der Waals surface area contributed by atoms with Crippen molar-refractivity contribution in [2.45, 2.75) is 12.6 Å². The lowest BCUT2D eigenvalue weighted by atomic mass is 10.3. The number of hydrogen-bond acceptors (Lipinski definition) is 2. The molecule has 0 fully saturated rings. The van der Waals surface area contributed by atoms with Gasteiger partial charge in [-0.2, -0.15) is 4.20 Å². The number of benzene rings is 2. The van der Waals surface area contributed by atoms with Crippen molar-refractivity contribution < 1.29 is 8.78 Å². The number of halogens is 3. The van der Waals surface area contributed by atoms with Gasteiger partial charge < -0.3 is 0 Å². The van der Waals surface area contributed by atoms with Gasteiger partial charge in [-0.25, -0.2) is 13.8 Å². The molecule has 0 aliphatic heterocycles. The molecule has 118 valence electrons. The summed E-state index contributed by atoms with van der Waals surface area (Å²) in [5, 5.41) is 6.19. The van der Waals surface area contributed by atoms with E-state index in [9.17, 15) is 8.78 Å². The van der Waals surface area contributed by atoms with Crippen LogP contribution in [-0.2, 0) is 6.04 Å². The molecule has 0 bridgehead atoms. The van der Waals surface area contributed by atoms with Crippen LogP contribution in [0.5, 0.6) is 0 Å². The summed E-state index contributed by atoms with van der Waals surface area (Å²) < 4.78 is 27.7. The van der Waals surface area contributed by atoms with E-state index in [4.69, 9.17) is 11.8 Å². The Bertz CT molecular complexity index is 757. The van der Waals surface area contributed by atoms with Crippen LogP contribution >= 0.6 is 11.8 Å². The highest BCUT2D eigenvalue weighted by Gasteiger charge is 2.33. The number of aromatic nitrogens is 3. The van der Waals surface area contributed by atoms with Gasteiger partial charge in [0.2, 0.25) is 0 Å². The van der Waals surface area contributed by atoms with Gasteiger partial charge in [0.05, 0.1) is 0 Å². The average molecular weight is 350 g/mol. The van der Waals surface area contributed by atoms with Gasteiger partial charge in [-0.1, -0.05) is 41.2 Å². The molecule has 0 atom stereocenters. The molecule has 2 aromatic carbocycles. The maximum atomic E-state index is 13.3. The van der Waals surface area contributed by atoms with Crippen molar-refractivity contribution in [3.05, 3.63) is 72.3 Å². The highest BCUT2D eigenvalue weighted by atomic mass is 35.5. The second kappa shape index (κ2) is 6.21. The molecule has 0 aliphatic rings. The Morgan fingerprint density at radius 2 is 1.43 bits per heavy atom. The van der Waals surface area contributed by atoms with Crippen LogP contribution in [0.1, 0.15) is 5.82 Å². The lowest BCUT2D eigenvalue weighted by Gasteiger charge is -2.27. The fourth-order valence-corrected chi connectivity index (χ4v) is 6.15. The third kappa shape index (κ3) is 3.33. The van der Waals surface area contributed by atoms with Gasteiger partial charge in [-0.15, -0.1) is 5.10 Å². The Hall–Kier alpha value is -2.05. The van der Waals surface area contributed by atoms with E-state index in [0.717, 1.165) is 14.6 Å². The molecule has 3 rings (SSSR count). The first-order valence-corrected chi connectivity index (χ1v) is 10.1. The van der Waals surface area contributed by atoms with E-state index in [1.54, 1.807) is 24.3 Å². The van der Waals surface area contributed by atoms with E-state index in [-0.39, 0.29) is 11.6 Å². The first-order valence-electron chi connectivity index (χ1n) is 7.06. The third-order valence-corrected chi connectivity index (χ3v) is 8.39. The summed E-state index contributed by atoms with van der Waals surface area (Å²) in [6, 6.07) is 13.5. The predicted octanol–water partition coefficient (Wildman–Crippen LogP) is 2.53. The number of rotatable bonds is 4. The summed E-state index contributed by atoms with van der Waals surface area (Å²) in [5.41, 5.74) is 0. The molecule has 1 heterocycles. The maximum Gasteiger partial charge on any atom is 0.150 e. The zero-order chi connectivity index (χ0) is 16.4. The maximum absolute atomic E-state index is 13.3. The molecule has 3 aromatic rings. The van der Waals surface area contributed by atoms with Crippen molar-refractivity contribution in [3.63, 3.8) is 0 Å². The second-order valence-corrected chi connectivity index (χ2v) is 10.1. The third-order valence-electron chi connectivity index (χ3n) is 3.99. The molecule has 3 nitrogen and oxygen atoms in total. The van der Waals surface area contributed by atoms with Crippen LogP contribution in [0.4, 0.5) is 8.78 Å². The minimum Gasteiger partial charge on any atom is -0.219 e. The molecule has 0 saturated heterocycles. The molecular weight excluding hydrogens is 336 g/mol. The zero-order valence-electron chi connectivity index (χ0n) is 12.4. The SMILES string of the molecule is C[Si](Cc1ncn(Cl)n1)(c1ccc(F)cc1)c1ccc(F)cc1. The minimum absolute atomic E-state index is 0.285. The molecule has 7 heteroatoms. The van der Waals surface area contributed by atoms with Crippen LogP contribution in [0, 0.1) is 11.6 Å². The molecule has 0 spiro atoms. The molecule has 0 unspecified atom stereocenters. The summed E-state index contributed by atoms with van der Waals surface area (Å²) in [6.07, 6.45) is 1.43. The van der Waals surface area contributed by atoms with Crippen LogP contribution < -0.4 is 10.4 Å². The van der Waals surface area contributed by atoms with Crippen molar-refractivity contribution in [2.75, 3.05) is 0 Å². The molecule has 1 aromatic heterocycles. The Labute approximate surface area is 138 Å². The van der Waals surface area contributed by atoms with Gasteiger partial charge in [0.25, 0.3) is 0 Å². The summed E-state index contributed by atoms with van der Waals surface area (Å²) in [4.78, 5) is 4.19. The molecule has 23 heavy (non-hydrogen) atoms. The molecule has 0 aliphatic carbocycles. The fraction of sp³-hybridized carbons (Fsp3) is 0.125. The van der Waals surface area contributed by atoms with Crippen molar-refractivity contribution >= 4 is 30.2 Å². The lowest BCUT2D eigenvalue weighted by Crippen LogP contribution is -2.58. The summed E-state index contributed by atoms with van der Waals surface area (Å²) in [6.45, 7) is 2.13. The topological polar surface area (TPSA) is 30.7 Å². The first-order chi connectivity index (χ1) is 11.0. The largest absolute Gasteiger partial charge is 0.219 e. The van der Waals surface area contributed by atoms with Gasteiger partial charge in [0, 0.05) is 17.8 Å². The van der Waals surface area contributed by atoms with E-state index in [2.05, 4.69) is 16.6 Å². The van der Waals surface area contributed by atoms with Crippen molar-refractivity contribution in [1.29, 1.82) is 0 Å². The molecule has 0 saturated carbocycles. The van der Waals surface area contributed by atoms with E-state index < -0.39 is 8.07 Å². The smallest absolute Gasteiger partial charge is 0.150 e. The van der Waals surface area contributed by atoms with E-state index in [0.29, 0.717) is 11.9 Å². The molecular formula is C16H14ClF2N3Si. The molecule has 0 radical (unpaired) electrons. The normalized spacial score (nSPS) is 11.7. The predicted molar refractivity (Wildman–Crippen MR) is 88.7 cm³/mol.